The molecule has 0 aliphatic carbocycles. The molecule has 1 aromatic heterocycles. The first-order chi connectivity index (χ1) is 13.6. The van der Waals surface area contributed by atoms with Crippen LogP contribution in [0.4, 0.5) is 11.6 Å². The molecule has 1 heterocycles. The highest BCUT2D eigenvalue weighted by Gasteiger charge is 2.11. The molecule has 0 aliphatic heterocycles. The maximum atomic E-state index is 12.6. The molecule has 0 unspecified atom stereocenters. The summed E-state index contributed by atoms with van der Waals surface area (Å²) < 4.78 is 5.14. The fourth-order valence-electron chi connectivity index (χ4n) is 2.83. The molecule has 0 fully saturated rings. The maximum absolute atomic E-state index is 12.6. The standard InChI is InChI=1S/C22H24N4O2/c1-4-17-7-5-6-8-19(17)25-22-24-15(2)13-20(26-22)21(27)23-14-16-9-11-18(28-3)12-10-16/h5-13H,4,14H2,1-3H3,(H,23,27)(H,24,25,26). The van der Waals surface area contributed by atoms with Crippen LogP contribution in [0.2, 0.25) is 0 Å². The number of amides is 1. The number of ether oxygens (including phenoxy) is 1. The van der Waals surface area contributed by atoms with E-state index in [-0.39, 0.29) is 5.91 Å². The molecule has 0 atom stereocenters. The van der Waals surface area contributed by atoms with Crippen LogP contribution < -0.4 is 15.4 Å². The number of carbonyl (C=O) groups is 1. The number of anilines is 2. The fraction of sp³-hybridized carbons (Fsp3) is 0.227. The van der Waals surface area contributed by atoms with Crippen LogP contribution in [0.15, 0.2) is 54.6 Å². The summed E-state index contributed by atoms with van der Waals surface area (Å²) >= 11 is 0. The average molecular weight is 376 g/mol. The van der Waals surface area contributed by atoms with Crippen LogP contribution in [-0.4, -0.2) is 23.0 Å². The molecular formula is C22H24N4O2. The summed E-state index contributed by atoms with van der Waals surface area (Å²) in [6.45, 7) is 4.35. The van der Waals surface area contributed by atoms with Crippen LogP contribution >= 0.6 is 0 Å². The van der Waals surface area contributed by atoms with Gasteiger partial charge in [0.2, 0.25) is 5.95 Å². The molecule has 28 heavy (non-hydrogen) atoms. The molecule has 6 nitrogen and oxygen atoms in total. The number of rotatable bonds is 7. The molecule has 2 aromatic carbocycles. The summed E-state index contributed by atoms with van der Waals surface area (Å²) in [5.41, 5.74) is 4.15. The lowest BCUT2D eigenvalue weighted by atomic mass is 10.1. The molecule has 1 amide bonds. The van der Waals surface area contributed by atoms with Crippen molar-refractivity contribution in [1.82, 2.24) is 15.3 Å². The van der Waals surface area contributed by atoms with E-state index >= 15 is 0 Å². The fourth-order valence-corrected chi connectivity index (χ4v) is 2.83. The Bertz CT molecular complexity index is 955. The number of para-hydroxylation sites is 1. The van der Waals surface area contributed by atoms with E-state index in [1.54, 1.807) is 13.2 Å². The van der Waals surface area contributed by atoms with Gasteiger partial charge in [0, 0.05) is 17.9 Å². The Hall–Kier alpha value is -3.41. The molecule has 144 valence electrons. The quantitative estimate of drug-likeness (QED) is 0.651. The van der Waals surface area contributed by atoms with Crippen molar-refractivity contribution in [2.75, 3.05) is 12.4 Å². The molecule has 0 spiro atoms. The topological polar surface area (TPSA) is 76.1 Å². The highest BCUT2D eigenvalue weighted by Crippen LogP contribution is 2.19. The number of aromatic nitrogens is 2. The van der Waals surface area contributed by atoms with Crippen LogP contribution in [0, 0.1) is 6.92 Å². The number of methoxy groups -OCH3 is 1. The van der Waals surface area contributed by atoms with Gasteiger partial charge in [0.15, 0.2) is 0 Å². The van der Waals surface area contributed by atoms with Crippen molar-refractivity contribution < 1.29 is 9.53 Å². The maximum Gasteiger partial charge on any atom is 0.270 e. The van der Waals surface area contributed by atoms with E-state index in [9.17, 15) is 4.79 Å². The first kappa shape index (κ1) is 19.4. The normalized spacial score (nSPS) is 10.4. The molecule has 3 rings (SSSR count). The molecule has 0 saturated carbocycles. The third-order valence-corrected chi connectivity index (χ3v) is 4.34. The van der Waals surface area contributed by atoms with E-state index in [4.69, 9.17) is 4.74 Å². The van der Waals surface area contributed by atoms with E-state index in [0.717, 1.165) is 34.7 Å². The Morgan fingerprint density at radius 1 is 1.07 bits per heavy atom. The largest absolute Gasteiger partial charge is 0.497 e. The Labute approximate surface area is 165 Å². The van der Waals surface area contributed by atoms with Gasteiger partial charge in [-0.05, 0) is 48.7 Å². The van der Waals surface area contributed by atoms with Gasteiger partial charge in [0.1, 0.15) is 11.4 Å². The van der Waals surface area contributed by atoms with Gasteiger partial charge < -0.3 is 15.4 Å². The zero-order valence-corrected chi connectivity index (χ0v) is 16.3. The van der Waals surface area contributed by atoms with Gasteiger partial charge in [0.25, 0.3) is 5.91 Å². The Kier molecular flexibility index (Phi) is 6.22. The zero-order valence-electron chi connectivity index (χ0n) is 16.3. The van der Waals surface area contributed by atoms with Gasteiger partial charge in [0.05, 0.1) is 7.11 Å². The predicted molar refractivity (Wildman–Crippen MR) is 110 cm³/mol. The first-order valence-electron chi connectivity index (χ1n) is 9.20. The molecule has 0 bridgehead atoms. The van der Waals surface area contributed by atoms with Crippen molar-refractivity contribution in [2.45, 2.75) is 26.8 Å². The minimum absolute atomic E-state index is 0.242. The van der Waals surface area contributed by atoms with Crippen molar-refractivity contribution in [3.05, 3.63) is 77.1 Å². The molecule has 6 heteroatoms. The SMILES string of the molecule is CCc1ccccc1Nc1nc(C)cc(C(=O)NCc2ccc(OC)cc2)n1. The minimum atomic E-state index is -0.242. The van der Waals surface area contributed by atoms with Crippen LogP contribution in [0.3, 0.4) is 0 Å². The van der Waals surface area contributed by atoms with E-state index in [1.807, 2.05) is 49.4 Å². The smallest absolute Gasteiger partial charge is 0.270 e. The van der Waals surface area contributed by atoms with Crippen molar-refractivity contribution in [1.29, 1.82) is 0 Å². The minimum Gasteiger partial charge on any atom is -0.497 e. The van der Waals surface area contributed by atoms with Crippen LogP contribution in [0.25, 0.3) is 0 Å². The summed E-state index contributed by atoms with van der Waals surface area (Å²) in [7, 11) is 1.62. The van der Waals surface area contributed by atoms with Gasteiger partial charge >= 0.3 is 0 Å². The second-order valence-electron chi connectivity index (χ2n) is 6.38. The zero-order chi connectivity index (χ0) is 19.9. The van der Waals surface area contributed by atoms with Crippen LogP contribution in [0.5, 0.6) is 5.75 Å². The van der Waals surface area contributed by atoms with Crippen molar-refractivity contribution in [3.63, 3.8) is 0 Å². The number of carbonyl (C=O) groups excluding carboxylic acids is 1. The van der Waals surface area contributed by atoms with Gasteiger partial charge in [-0.3, -0.25) is 4.79 Å². The van der Waals surface area contributed by atoms with Crippen molar-refractivity contribution in [3.8, 4) is 5.75 Å². The second-order valence-corrected chi connectivity index (χ2v) is 6.38. The monoisotopic (exact) mass is 376 g/mol. The summed E-state index contributed by atoms with van der Waals surface area (Å²) in [4.78, 5) is 21.4. The average Bonchev–Trinajstić information content (AvgIpc) is 2.72. The molecular weight excluding hydrogens is 352 g/mol. The third kappa shape index (κ3) is 4.85. The number of nitrogens with zero attached hydrogens (tertiary/aromatic N) is 2. The van der Waals surface area contributed by atoms with E-state index in [0.29, 0.717) is 18.2 Å². The second kappa shape index (κ2) is 8.99. The number of hydrogen-bond donors (Lipinski definition) is 2. The molecule has 3 aromatic rings. The van der Waals surface area contributed by atoms with Gasteiger partial charge in [-0.15, -0.1) is 0 Å². The lowest BCUT2D eigenvalue weighted by Crippen LogP contribution is -2.24. The number of hydrogen-bond acceptors (Lipinski definition) is 5. The highest BCUT2D eigenvalue weighted by atomic mass is 16.5. The van der Waals surface area contributed by atoms with E-state index < -0.39 is 0 Å². The Balaban J connectivity index is 1.71. The summed E-state index contributed by atoms with van der Waals surface area (Å²) in [6, 6.07) is 17.2. The Morgan fingerprint density at radius 2 is 1.82 bits per heavy atom. The molecule has 0 radical (unpaired) electrons. The number of aryl methyl sites for hydroxylation is 2. The van der Waals surface area contributed by atoms with Gasteiger partial charge in [-0.25, -0.2) is 9.97 Å². The van der Waals surface area contributed by atoms with Crippen LogP contribution in [0.1, 0.15) is 34.2 Å². The van der Waals surface area contributed by atoms with Crippen molar-refractivity contribution in [2.24, 2.45) is 0 Å². The predicted octanol–water partition coefficient (Wildman–Crippen LogP) is 4.03. The van der Waals surface area contributed by atoms with Gasteiger partial charge in [-0.1, -0.05) is 37.3 Å². The lowest BCUT2D eigenvalue weighted by molar-refractivity contribution is 0.0945. The third-order valence-electron chi connectivity index (χ3n) is 4.34. The summed E-state index contributed by atoms with van der Waals surface area (Å²) in [5.74, 6) is 0.952. The van der Waals surface area contributed by atoms with E-state index in [2.05, 4.69) is 33.6 Å². The van der Waals surface area contributed by atoms with Crippen LogP contribution in [-0.2, 0) is 13.0 Å². The number of nitrogens with one attached hydrogen (secondary N) is 2. The first-order valence-corrected chi connectivity index (χ1v) is 9.20. The number of benzene rings is 2. The Morgan fingerprint density at radius 3 is 2.54 bits per heavy atom. The summed E-state index contributed by atoms with van der Waals surface area (Å²) in [6.07, 6.45) is 0.893. The lowest BCUT2D eigenvalue weighted by Gasteiger charge is -2.11. The molecule has 0 saturated heterocycles. The molecule has 0 aliphatic rings. The van der Waals surface area contributed by atoms with E-state index in [1.165, 1.54) is 0 Å². The van der Waals surface area contributed by atoms with Crippen molar-refractivity contribution >= 4 is 17.5 Å². The highest BCUT2D eigenvalue weighted by molar-refractivity contribution is 5.92. The summed E-state index contributed by atoms with van der Waals surface area (Å²) in [5, 5.41) is 6.13. The van der Waals surface area contributed by atoms with Gasteiger partial charge in [-0.2, -0.15) is 0 Å². The molecule has 2 N–H and O–H groups in total.